The minimum Gasteiger partial charge on any atom is -0.741 e. The summed E-state index contributed by atoms with van der Waals surface area (Å²) >= 11 is 0. The van der Waals surface area contributed by atoms with Gasteiger partial charge in [0.15, 0.2) is 25.7 Å². The van der Waals surface area contributed by atoms with E-state index in [9.17, 15) is 13.2 Å². The molecule has 224 valence electrons. The highest BCUT2D eigenvalue weighted by Crippen LogP contribution is 2.36. The van der Waals surface area contributed by atoms with E-state index in [2.05, 4.69) is 140 Å². The second kappa shape index (κ2) is 13.5. The Morgan fingerprint density at radius 2 is 1.14 bits per heavy atom. The van der Waals surface area contributed by atoms with Crippen molar-refractivity contribution in [2.75, 3.05) is 6.61 Å². The molecule has 9 heteroatoms. The SMILES string of the molecule is O=S(=O)([O-])C(F)(F)F.c1ccc([S+](c2ccccc2)c2ccccc2OCCc2cccc3cc4ccccc4cc23)cc1. The lowest BCUT2D eigenvalue weighted by Gasteiger charge is -2.14. The molecular formula is C35H27F3O4S2. The van der Waals surface area contributed by atoms with E-state index in [1.807, 2.05) is 0 Å². The van der Waals surface area contributed by atoms with Gasteiger partial charge in [-0.3, -0.25) is 0 Å². The summed E-state index contributed by atoms with van der Waals surface area (Å²) in [6, 6.07) is 49.7. The van der Waals surface area contributed by atoms with Crippen molar-refractivity contribution in [3.05, 3.63) is 145 Å². The van der Waals surface area contributed by atoms with E-state index in [4.69, 9.17) is 17.7 Å². The van der Waals surface area contributed by atoms with Gasteiger partial charge in [0.25, 0.3) is 0 Å². The largest absolute Gasteiger partial charge is 0.741 e. The minimum atomic E-state index is -6.09. The topological polar surface area (TPSA) is 66.4 Å². The summed E-state index contributed by atoms with van der Waals surface area (Å²) in [5.41, 5.74) is -4.33. The molecule has 6 aromatic carbocycles. The Hall–Kier alpha value is -4.31. The first-order valence-electron chi connectivity index (χ1n) is 13.6. The first-order valence-corrected chi connectivity index (χ1v) is 16.2. The molecule has 0 amide bonds. The van der Waals surface area contributed by atoms with E-state index in [0.29, 0.717) is 6.61 Å². The van der Waals surface area contributed by atoms with Crippen LogP contribution < -0.4 is 4.74 Å². The van der Waals surface area contributed by atoms with Crippen molar-refractivity contribution in [2.45, 2.75) is 26.6 Å². The number of halogens is 3. The van der Waals surface area contributed by atoms with Gasteiger partial charge in [0.2, 0.25) is 4.90 Å². The number of fused-ring (bicyclic) bond motifs is 2. The van der Waals surface area contributed by atoms with Crippen LogP contribution in [0.5, 0.6) is 5.75 Å². The van der Waals surface area contributed by atoms with Crippen LogP contribution in [0.1, 0.15) is 5.56 Å². The van der Waals surface area contributed by atoms with Crippen LogP contribution >= 0.6 is 0 Å². The summed E-state index contributed by atoms with van der Waals surface area (Å²) in [4.78, 5) is 3.81. The monoisotopic (exact) mass is 632 g/mol. The average molecular weight is 633 g/mol. The predicted molar refractivity (Wildman–Crippen MR) is 168 cm³/mol. The third-order valence-corrected chi connectivity index (χ3v) is 9.61. The van der Waals surface area contributed by atoms with Crippen LogP contribution in [0.2, 0.25) is 0 Å². The van der Waals surface area contributed by atoms with Crippen LogP contribution in [0.15, 0.2) is 154 Å². The highest BCUT2D eigenvalue weighted by Gasteiger charge is 2.37. The van der Waals surface area contributed by atoms with Crippen molar-refractivity contribution in [1.82, 2.24) is 0 Å². The van der Waals surface area contributed by atoms with E-state index in [1.54, 1.807) is 0 Å². The second-order valence-corrected chi connectivity index (χ2v) is 13.1. The van der Waals surface area contributed by atoms with Gasteiger partial charge >= 0.3 is 5.51 Å². The van der Waals surface area contributed by atoms with Gasteiger partial charge in [-0.1, -0.05) is 91.0 Å². The van der Waals surface area contributed by atoms with Gasteiger partial charge in [-0.15, -0.1) is 0 Å². The first kappa shape index (κ1) is 31.1. The van der Waals surface area contributed by atoms with Crippen LogP contribution in [0.3, 0.4) is 0 Å². The smallest absolute Gasteiger partial charge is 0.485 e. The lowest BCUT2D eigenvalue weighted by molar-refractivity contribution is -0.0517. The minimum absolute atomic E-state index is 0.237. The van der Waals surface area contributed by atoms with Crippen molar-refractivity contribution in [3.63, 3.8) is 0 Å². The Balaban J connectivity index is 0.000000426. The van der Waals surface area contributed by atoms with Crippen LogP contribution in [0.4, 0.5) is 13.2 Å². The van der Waals surface area contributed by atoms with Gasteiger partial charge in [0, 0.05) is 6.42 Å². The molecule has 0 N–H and O–H groups in total. The molecule has 0 aliphatic heterocycles. The van der Waals surface area contributed by atoms with E-state index < -0.39 is 15.6 Å². The lowest BCUT2D eigenvalue weighted by atomic mass is 9.98. The van der Waals surface area contributed by atoms with Crippen molar-refractivity contribution in [2.24, 2.45) is 0 Å². The van der Waals surface area contributed by atoms with Crippen LogP contribution in [-0.2, 0) is 27.4 Å². The van der Waals surface area contributed by atoms with Crippen LogP contribution in [0.25, 0.3) is 21.5 Å². The van der Waals surface area contributed by atoms with Gasteiger partial charge in [-0.2, -0.15) is 13.2 Å². The first-order chi connectivity index (χ1) is 21.1. The summed E-state index contributed by atoms with van der Waals surface area (Å²) < 4.78 is 65.4. The van der Waals surface area contributed by atoms with Crippen molar-refractivity contribution in [3.8, 4) is 5.75 Å². The zero-order valence-electron chi connectivity index (χ0n) is 23.3. The molecule has 0 saturated heterocycles. The standard InChI is InChI=1S/C34H27OS.CHF3O3S/c1-3-16-30(17-4-1)36(31-18-5-2-6-19-31)34-21-10-9-20-33(34)35-23-22-26-14-11-15-29-24-27-12-7-8-13-28(27)25-32(26)29;2-1(3,4)8(5,6)7/h1-21,24-25H,22-23H2;(H,5,6,7)/q+1;/p-1. The van der Waals surface area contributed by atoms with Crippen molar-refractivity contribution < 1.29 is 30.9 Å². The van der Waals surface area contributed by atoms with E-state index in [-0.39, 0.29) is 10.9 Å². The Morgan fingerprint density at radius 1 is 0.636 bits per heavy atom. The summed E-state index contributed by atoms with van der Waals surface area (Å²) in [6.07, 6.45) is 0.856. The quantitative estimate of drug-likeness (QED) is 0.0764. The number of hydrogen-bond acceptors (Lipinski definition) is 4. The number of hydrogen-bond donors (Lipinski definition) is 0. The second-order valence-electron chi connectivity index (χ2n) is 9.71. The third kappa shape index (κ3) is 7.42. The number of para-hydroxylation sites is 1. The molecule has 0 saturated carbocycles. The number of alkyl halides is 3. The fourth-order valence-electron chi connectivity index (χ4n) is 4.76. The fraction of sp³-hybridized carbons (Fsp3) is 0.0857. The van der Waals surface area contributed by atoms with Gasteiger partial charge < -0.3 is 9.29 Å². The molecule has 0 unspecified atom stereocenters. The molecule has 0 bridgehead atoms. The van der Waals surface area contributed by atoms with Crippen molar-refractivity contribution >= 4 is 42.6 Å². The highest BCUT2D eigenvalue weighted by molar-refractivity contribution is 7.97. The number of ether oxygens (including phenoxy) is 1. The summed E-state index contributed by atoms with van der Waals surface area (Å²) in [6.45, 7) is 0.629. The summed E-state index contributed by atoms with van der Waals surface area (Å²) in [5, 5.41) is 5.14. The molecule has 0 atom stereocenters. The number of benzene rings is 6. The molecule has 4 nitrogen and oxygen atoms in total. The predicted octanol–water partition coefficient (Wildman–Crippen LogP) is 8.76. The fourth-order valence-corrected chi connectivity index (χ4v) is 6.94. The maximum Gasteiger partial charge on any atom is 0.485 e. The molecule has 0 aromatic heterocycles. The molecular weight excluding hydrogens is 606 g/mol. The van der Waals surface area contributed by atoms with E-state index in [0.717, 1.165) is 12.2 Å². The molecule has 0 radical (unpaired) electrons. The summed E-state index contributed by atoms with van der Waals surface area (Å²) in [7, 11) is -6.33. The molecule has 0 spiro atoms. The average Bonchev–Trinajstić information content (AvgIpc) is 3.01. The maximum atomic E-state index is 10.7. The zero-order chi connectivity index (χ0) is 31.2. The molecule has 0 aliphatic rings. The van der Waals surface area contributed by atoms with Gasteiger partial charge in [0.05, 0.1) is 6.61 Å². The van der Waals surface area contributed by atoms with Gasteiger partial charge in [-0.05, 0) is 75.6 Å². The van der Waals surface area contributed by atoms with Gasteiger partial charge in [-0.25, -0.2) is 8.42 Å². The highest BCUT2D eigenvalue weighted by atomic mass is 32.2. The van der Waals surface area contributed by atoms with Crippen LogP contribution in [-0.4, -0.2) is 25.1 Å². The Bertz CT molecular complexity index is 1920. The Labute approximate surface area is 256 Å². The van der Waals surface area contributed by atoms with Gasteiger partial charge in [0.1, 0.15) is 10.9 Å². The molecule has 0 fully saturated rings. The normalized spacial score (nSPS) is 11.8. The third-order valence-electron chi connectivity index (χ3n) is 6.78. The molecule has 0 aliphatic carbocycles. The molecule has 44 heavy (non-hydrogen) atoms. The lowest BCUT2D eigenvalue weighted by Crippen LogP contribution is -2.21. The molecule has 6 rings (SSSR count). The zero-order valence-corrected chi connectivity index (χ0v) is 24.9. The van der Waals surface area contributed by atoms with E-state index in [1.165, 1.54) is 41.8 Å². The molecule has 6 aromatic rings. The van der Waals surface area contributed by atoms with Crippen molar-refractivity contribution in [1.29, 1.82) is 0 Å². The number of rotatable bonds is 7. The Kier molecular flexibility index (Phi) is 9.58. The Morgan fingerprint density at radius 3 is 1.73 bits per heavy atom. The summed E-state index contributed by atoms with van der Waals surface area (Å²) in [5.74, 6) is 0.958. The van der Waals surface area contributed by atoms with E-state index >= 15 is 0 Å². The van der Waals surface area contributed by atoms with Crippen LogP contribution in [0, 0.1) is 0 Å². The molecule has 0 heterocycles. The maximum absolute atomic E-state index is 10.7.